The van der Waals surface area contributed by atoms with Crippen LogP contribution in [0.25, 0.3) is 0 Å². The highest BCUT2D eigenvalue weighted by atomic mass is 35.5. The summed E-state index contributed by atoms with van der Waals surface area (Å²) in [6.45, 7) is 2.90. The summed E-state index contributed by atoms with van der Waals surface area (Å²) < 4.78 is 0. The van der Waals surface area contributed by atoms with Crippen LogP contribution in [-0.4, -0.2) is 29.0 Å². The van der Waals surface area contributed by atoms with Crippen molar-refractivity contribution >= 4 is 40.9 Å². The molecule has 0 aliphatic carbocycles. The van der Waals surface area contributed by atoms with Crippen LogP contribution in [0.2, 0.25) is 5.02 Å². The highest BCUT2D eigenvalue weighted by Gasteiger charge is 2.59. The molecule has 156 valence electrons. The Bertz CT molecular complexity index is 1180. The normalized spacial score (nSPS) is 19.9. The van der Waals surface area contributed by atoms with E-state index in [9.17, 15) is 9.59 Å². The maximum atomic E-state index is 14.0. The van der Waals surface area contributed by atoms with Crippen LogP contribution in [0.5, 0.6) is 0 Å². The second-order valence-electron chi connectivity index (χ2n) is 7.82. The van der Waals surface area contributed by atoms with Crippen LogP contribution in [0.3, 0.4) is 0 Å². The predicted octanol–water partition coefficient (Wildman–Crippen LogP) is 5.24. The molecule has 1 spiro atoms. The first-order valence-electron chi connectivity index (χ1n) is 10.2. The summed E-state index contributed by atoms with van der Waals surface area (Å²) in [6, 6.07) is 22.8. The van der Waals surface area contributed by atoms with Gasteiger partial charge < -0.3 is 9.80 Å². The van der Waals surface area contributed by atoms with Crippen molar-refractivity contribution < 1.29 is 9.59 Å². The minimum absolute atomic E-state index is 0.0835. The van der Waals surface area contributed by atoms with Gasteiger partial charge in [0.25, 0.3) is 11.8 Å². The molecule has 3 aromatic carbocycles. The van der Waals surface area contributed by atoms with Crippen LogP contribution in [0.4, 0.5) is 5.69 Å². The maximum absolute atomic E-state index is 14.0. The van der Waals surface area contributed by atoms with Gasteiger partial charge in [0, 0.05) is 28.4 Å². The van der Waals surface area contributed by atoms with E-state index in [1.807, 2.05) is 67.6 Å². The first kappa shape index (κ1) is 20.2. The third-order valence-electron chi connectivity index (χ3n) is 5.90. The van der Waals surface area contributed by atoms with Gasteiger partial charge in [-0.05, 0) is 36.8 Å². The first-order chi connectivity index (χ1) is 15.0. The second-order valence-corrected chi connectivity index (χ2v) is 9.51. The average Bonchev–Trinajstić information content (AvgIpc) is 3.32. The van der Waals surface area contributed by atoms with Crippen molar-refractivity contribution in [3.63, 3.8) is 0 Å². The minimum atomic E-state index is -1.05. The molecule has 2 amide bonds. The van der Waals surface area contributed by atoms with Crippen LogP contribution in [0.15, 0.2) is 72.8 Å². The Labute approximate surface area is 190 Å². The molecule has 1 atom stereocenters. The van der Waals surface area contributed by atoms with Gasteiger partial charge in [0.05, 0.1) is 12.2 Å². The zero-order chi connectivity index (χ0) is 21.6. The molecule has 31 heavy (non-hydrogen) atoms. The maximum Gasteiger partial charge on any atom is 0.268 e. The largest absolute Gasteiger partial charge is 0.311 e. The van der Waals surface area contributed by atoms with Crippen LogP contribution in [-0.2, 0) is 16.2 Å². The SMILES string of the molecule is Cc1ccc2c(c1)[C@]1(SCCN1C(=O)c1ccccc1)C(=O)N2Cc1ccccc1Cl. The van der Waals surface area contributed by atoms with Crippen molar-refractivity contribution in [1.29, 1.82) is 0 Å². The van der Waals surface area contributed by atoms with Gasteiger partial charge in [-0.2, -0.15) is 0 Å². The van der Waals surface area contributed by atoms with Crippen molar-refractivity contribution in [3.05, 3.63) is 100 Å². The van der Waals surface area contributed by atoms with E-state index in [4.69, 9.17) is 11.6 Å². The number of anilines is 1. The number of hydrogen-bond donors (Lipinski definition) is 0. The summed E-state index contributed by atoms with van der Waals surface area (Å²) in [7, 11) is 0. The third-order valence-corrected chi connectivity index (χ3v) is 7.69. The number of rotatable bonds is 3. The van der Waals surface area contributed by atoms with E-state index in [1.54, 1.807) is 33.7 Å². The molecule has 4 nitrogen and oxygen atoms in total. The van der Waals surface area contributed by atoms with Crippen LogP contribution >= 0.6 is 23.4 Å². The predicted molar refractivity (Wildman–Crippen MR) is 125 cm³/mol. The number of carbonyl (C=O) groups excluding carboxylic acids is 2. The third kappa shape index (κ3) is 3.15. The Morgan fingerprint density at radius 2 is 1.81 bits per heavy atom. The summed E-state index contributed by atoms with van der Waals surface area (Å²) in [4.78, 5) is 30.0. The first-order valence-corrected chi connectivity index (χ1v) is 11.6. The molecule has 0 aromatic heterocycles. The summed E-state index contributed by atoms with van der Waals surface area (Å²) in [6.07, 6.45) is 0. The molecule has 0 unspecified atom stereocenters. The molecule has 2 heterocycles. The van der Waals surface area contributed by atoms with Gasteiger partial charge in [-0.3, -0.25) is 9.59 Å². The van der Waals surface area contributed by atoms with Gasteiger partial charge in [-0.25, -0.2) is 0 Å². The fourth-order valence-electron chi connectivity index (χ4n) is 4.42. The van der Waals surface area contributed by atoms with Gasteiger partial charge >= 0.3 is 0 Å². The van der Waals surface area contributed by atoms with Crippen LogP contribution < -0.4 is 4.90 Å². The van der Waals surface area contributed by atoms with E-state index in [1.165, 1.54) is 0 Å². The standard InChI is InChI=1S/C25H21ClN2O2S/c1-17-11-12-22-20(15-17)25(24(30)27(22)16-19-9-5-6-10-21(19)26)28(13-14-31-25)23(29)18-7-3-2-4-8-18/h2-12,15H,13-14,16H2,1H3/t25-/m0/s1. The van der Waals surface area contributed by atoms with Gasteiger partial charge in [-0.15, -0.1) is 11.8 Å². The lowest BCUT2D eigenvalue weighted by Crippen LogP contribution is -2.50. The van der Waals surface area contributed by atoms with Gasteiger partial charge in [-0.1, -0.05) is 65.7 Å². The molecule has 0 saturated carbocycles. The topological polar surface area (TPSA) is 40.6 Å². The second kappa shape index (κ2) is 7.74. The lowest BCUT2D eigenvalue weighted by molar-refractivity contribution is -0.123. The number of carbonyl (C=O) groups is 2. The highest BCUT2D eigenvalue weighted by Crippen LogP contribution is 2.55. The average molecular weight is 449 g/mol. The molecule has 6 heteroatoms. The number of hydrogen-bond acceptors (Lipinski definition) is 3. The zero-order valence-electron chi connectivity index (χ0n) is 17.0. The van der Waals surface area contributed by atoms with Gasteiger partial charge in [0.2, 0.25) is 0 Å². The van der Waals surface area contributed by atoms with Gasteiger partial charge in [0.15, 0.2) is 4.87 Å². The summed E-state index contributed by atoms with van der Waals surface area (Å²) in [5, 5.41) is 0.626. The number of nitrogens with zero attached hydrogens (tertiary/aromatic N) is 2. The molecule has 3 aromatic rings. The zero-order valence-corrected chi connectivity index (χ0v) is 18.6. The quantitative estimate of drug-likeness (QED) is 0.550. The Kier molecular flexibility index (Phi) is 5.03. The van der Waals surface area contributed by atoms with Crippen LogP contribution in [0, 0.1) is 6.92 Å². The van der Waals surface area contributed by atoms with Crippen molar-refractivity contribution in [2.45, 2.75) is 18.3 Å². The number of thioether (sulfide) groups is 1. The van der Waals surface area contributed by atoms with Crippen molar-refractivity contribution in [1.82, 2.24) is 4.90 Å². The molecule has 0 N–H and O–H groups in total. The summed E-state index contributed by atoms with van der Waals surface area (Å²) in [5.74, 6) is 0.503. The number of aryl methyl sites for hydroxylation is 1. The molecular weight excluding hydrogens is 428 g/mol. The molecular formula is C25H21ClN2O2S. The van der Waals surface area contributed by atoms with Crippen molar-refractivity contribution in [2.75, 3.05) is 17.2 Å². The number of halogens is 1. The smallest absolute Gasteiger partial charge is 0.268 e. The monoisotopic (exact) mass is 448 g/mol. The summed E-state index contributed by atoms with van der Waals surface area (Å²) >= 11 is 7.95. The van der Waals surface area contributed by atoms with E-state index < -0.39 is 4.87 Å². The van der Waals surface area contributed by atoms with Crippen LogP contribution in [0.1, 0.15) is 27.0 Å². The molecule has 2 aliphatic rings. The fourth-order valence-corrected chi connectivity index (χ4v) is 6.07. The Morgan fingerprint density at radius 1 is 1.06 bits per heavy atom. The highest BCUT2D eigenvalue weighted by molar-refractivity contribution is 8.01. The lowest BCUT2D eigenvalue weighted by atomic mass is 10.0. The Morgan fingerprint density at radius 3 is 2.58 bits per heavy atom. The van der Waals surface area contributed by atoms with E-state index in [2.05, 4.69) is 0 Å². The number of amides is 2. The Balaban J connectivity index is 1.62. The van der Waals surface area contributed by atoms with Crippen molar-refractivity contribution in [2.24, 2.45) is 0 Å². The lowest BCUT2D eigenvalue weighted by Gasteiger charge is -2.33. The summed E-state index contributed by atoms with van der Waals surface area (Å²) in [5.41, 5.74) is 4.26. The molecule has 2 aliphatic heterocycles. The number of fused-ring (bicyclic) bond motifs is 2. The molecule has 1 saturated heterocycles. The fraction of sp³-hybridized carbons (Fsp3) is 0.200. The van der Waals surface area contributed by atoms with Gasteiger partial charge in [0.1, 0.15) is 0 Å². The van der Waals surface area contributed by atoms with E-state index in [0.717, 1.165) is 22.4 Å². The van der Waals surface area contributed by atoms with Crippen molar-refractivity contribution in [3.8, 4) is 0 Å². The van der Waals surface area contributed by atoms with E-state index in [0.29, 0.717) is 29.4 Å². The number of benzene rings is 3. The van der Waals surface area contributed by atoms with E-state index >= 15 is 0 Å². The molecule has 1 fully saturated rings. The molecule has 0 bridgehead atoms. The Hall–Kier alpha value is -2.76. The molecule has 5 rings (SSSR count). The van der Waals surface area contributed by atoms with E-state index in [-0.39, 0.29) is 11.8 Å². The molecule has 0 radical (unpaired) electrons. The minimum Gasteiger partial charge on any atom is -0.311 e.